The summed E-state index contributed by atoms with van der Waals surface area (Å²) in [5.74, 6) is 0.183. The number of hydrogen-bond acceptors (Lipinski definition) is 3. The summed E-state index contributed by atoms with van der Waals surface area (Å²) in [6, 6.07) is 15.9. The van der Waals surface area contributed by atoms with Crippen LogP contribution in [0.2, 0.25) is 0 Å². The Morgan fingerprint density at radius 2 is 1.76 bits per heavy atom. The fourth-order valence-corrected chi connectivity index (χ4v) is 5.23. The van der Waals surface area contributed by atoms with Gasteiger partial charge in [0.2, 0.25) is 5.91 Å². The molecule has 2 aliphatic heterocycles. The highest BCUT2D eigenvalue weighted by atomic mass is 19.1. The molecule has 1 aliphatic carbocycles. The van der Waals surface area contributed by atoms with Gasteiger partial charge in [-0.2, -0.15) is 5.10 Å². The minimum Gasteiger partial charge on any atom is -0.338 e. The number of rotatable bonds is 5. The summed E-state index contributed by atoms with van der Waals surface area (Å²) in [5.41, 5.74) is 4.32. The average molecular weight is 445 g/mol. The number of aromatic nitrogens is 2. The normalized spacial score (nSPS) is 20.2. The van der Waals surface area contributed by atoms with Crippen LogP contribution in [0.25, 0.3) is 5.69 Å². The lowest BCUT2D eigenvalue weighted by molar-refractivity contribution is -0.137. The second-order valence-electron chi connectivity index (χ2n) is 9.35. The van der Waals surface area contributed by atoms with Crippen molar-refractivity contribution in [3.63, 3.8) is 0 Å². The highest BCUT2D eigenvalue weighted by molar-refractivity contribution is 5.99. The number of benzene rings is 2. The van der Waals surface area contributed by atoms with Gasteiger partial charge in [-0.1, -0.05) is 30.3 Å². The number of carbonyl (C=O) groups excluding carboxylic acids is 2. The number of para-hydroxylation sites is 1. The van der Waals surface area contributed by atoms with E-state index in [9.17, 15) is 14.0 Å². The lowest BCUT2D eigenvalue weighted by atomic mass is 9.99. The molecule has 0 spiro atoms. The minimum absolute atomic E-state index is 0.0105. The van der Waals surface area contributed by atoms with Crippen LogP contribution in [0.5, 0.6) is 0 Å². The van der Waals surface area contributed by atoms with Gasteiger partial charge in [-0.25, -0.2) is 9.07 Å². The van der Waals surface area contributed by atoms with Crippen LogP contribution in [0.15, 0.2) is 54.6 Å². The minimum atomic E-state index is -0.308. The van der Waals surface area contributed by atoms with Crippen molar-refractivity contribution in [1.82, 2.24) is 19.6 Å². The number of hydrogen-bond donors (Lipinski definition) is 0. The van der Waals surface area contributed by atoms with Crippen molar-refractivity contribution in [1.29, 1.82) is 0 Å². The van der Waals surface area contributed by atoms with E-state index in [1.54, 1.807) is 21.7 Å². The molecule has 1 atom stereocenters. The molecular formula is C26H25FN4O2. The second kappa shape index (κ2) is 7.54. The molecule has 6 rings (SSSR count). The molecule has 0 radical (unpaired) electrons. The third-order valence-corrected chi connectivity index (χ3v) is 7.09. The Hall–Kier alpha value is -3.48. The van der Waals surface area contributed by atoms with E-state index in [0.717, 1.165) is 35.3 Å². The fraction of sp³-hybridized carbons (Fsp3) is 0.346. The zero-order chi connectivity index (χ0) is 22.7. The largest absolute Gasteiger partial charge is 0.338 e. The smallest absolute Gasteiger partial charge is 0.273 e. The van der Waals surface area contributed by atoms with Gasteiger partial charge in [-0.15, -0.1) is 0 Å². The molecule has 2 amide bonds. The number of aryl methyl sites for hydroxylation is 1. The number of fused-ring (bicyclic) bond motifs is 1. The summed E-state index contributed by atoms with van der Waals surface area (Å²) in [6.07, 6.45) is 2.48. The van der Waals surface area contributed by atoms with Gasteiger partial charge >= 0.3 is 0 Å². The van der Waals surface area contributed by atoms with E-state index < -0.39 is 0 Å². The van der Waals surface area contributed by atoms with E-state index in [4.69, 9.17) is 5.10 Å². The Balaban J connectivity index is 1.23. The SMILES string of the molecule is Cc1nn(-c2ccccc2)c2c1C(C1CC1)N(C1CN(C(=O)Cc3ccc(F)cc3)C1)C2=O. The number of amides is 2. The van der Waals surface area contributed by atoms with Crippen molar-refractivity contribution in [2.45, 2.75) is 38.3 Å². The summed E-state index contributed by atoms with van der Waals surface area (Å²) in [7, 11) is 0. The quantitative estimate of drug-likeness (QED) is 0.603. The van der Waals surface area contributed by atoms with Crippen LogP contribution < -0.4 is 0 Å². The van der Waals surface area contributed by atoms with Crippen molar-refractivity contribution in [2.75, 3.05) is 13.1 Å². The number of nitrogens with zero attached hydrogens (tertiary/aromatic N) is 4. The zero-order valence-corrected chi connectivity index (χ0v) is 18.4. The first-order valence-electron chi connectivity index (χ1n) is 11.5. The molecule has 3 heterocycles. The molecule has 1 unspecified atom stereocenters. The van der Waals surface area contributed by atoms with Crippen LogP contribution in [-0.4, -0.2) is 50.5 Å². The molecule has 1 aromatic heterocycles. The summed E-state index contributed by atoms with van der Waals surface area (Å²) in [4.78, 5) is 30.3. The van der Waals surface area contributed by atoms with Crippen LogP contribution in [0.3, 0.4) is 0 Å². The Kier molecular flexibility index (Phi) is 4.60. The standard InChI is InChI=1S/C26H25FN4O2/c1-16-23-24(18-9-10-18)30(26(33)25(23)31(28-16)20-5-3-2-4-6-20)21-14-29(15-21)22(32)13-17-7-11-19(27)12-8-17/h2-8,11-12,18,21,24H,9-10,13-15H2,1H3. The van der Waals surface area contributed by atoms with Crippen molar-refractivity contribution < 1.29 is 14.0 Å². The zero-order valence-electron chi connectivity index (χ0n) is 18.4. The van der Waals surface area contributed by atoms with Gasteiger partial charge in [0.05, 0.1) is 29.9 Å². The maximum atomic E-state index is 13.7. The van der Waals surface area contributed by atoms with Crippen LogP contribution in [0, 0.1) is 18.7 Å². The van der Waals surface area contributed by atoms with E-state index in [1.807, 2.05) is 42.2 Å². The summed E-state index contributed by atoms with van der Waals surface area (Å²) < 4.78 is 14.9. The van der Waals surface area contributed by atoms with Gasteiger partial charge in [0.1, 0.15) is 11.5 Å². The highest BCUT2D eigenvalue weighted by Crippen LogP contribution is 2.52. The predicted octanol–water partition coefficient (Wildman–Crippen LogP) is 3.68. The third kappa shape index (κ3) is 3.34. The predicted molar refractivity (Wildman–Crippen MR) is 120 cm³/mol. The first kappa shape index (κ1) is 20.1. The molecule has 0 N–H and O–H groups in total. The van der Waals surface area contributed by atoms with Crippen LogP contribution in [0.1, 0.15) is 46.2 Å². The molecule has 2 aromatic carbocycles. The molecule has 2 fully saturated rings. The average Bonchev–Trinajstić information content (AvgIpc) is 3.50. The summed E-state index contributed by atoms with van der Waals surface area (Å²) in [6.45, 7) is 3.07. The second-order valence-corrected chi connectivity index (χ2v) is 9.35. The van der Waals surface area contributed by atoms with Gasteiger partial charge in [0, 0.05) is 18.7 Å². The Labute approximate surface area is 191 Å². The molecule has 1 saturated carbocycles. The maximum Gasteiger partial charge on any atom is 0.273 e. The fourth-order valence-electron chi connectivity index (χ4n) is 5.23. The van der Waals surface area contributed by atoms with Crippen LogP contribution in [-0.2, 0) is 11.2 Å². The van der Waals surface area contributed by atoms with E-state index in [-0.39, 0.29) is 36.1 Å². The van der Waals surface area contributed by atoms with Gasteiger partial charge < -0.3 is 9.80 Å². The lowest BCUT2D eigenvalue weighted by Crippen LogP contribution is -2.62. The number of halogens is 1. The third-order valence-electron chi connectivity index (χ3n) is 7.09. The molecule has 7 heteroatoms. The summed E-state index contributed by atoms with van der Waals surface area (Å²) in [5, 5.41) is 4.73. The highest BCUT2D eigenvalue weighted by Gasteiger charge is 2.53. The molecular weight excluding hydrogens is 419 g/mol. The molecule has 33 heavy (non-hydrogen) atoms. The van der Waals surface area contributed by atoms with Crippen molar-refractivity contribution in [2.24, 2.45) is 5.92 Å². The van der Waals surface area contributed by atoms with Crippen molar-refractivity contribution >= 4 is 11.8 Å². The molecule has 3 aliphatic rings. The molecule has 1 saturated heterocycles. The number of likely N-dealkylation sites (tertiary alicyclic amines) is 1. The first-order chi connectivity index (χ1) is 16.0. The monoisotopic (exact) mass is 444 g/mol. The molecule has 3 aromatic rings. The van der Waals surface area contributed by atoms with Gasteiger partial charge in [0.25, 0.3) is 5.91 Å². The van der Waals surface area contributed by atoms with Crippen LogP contribution in [0.4, 0.5) is 4.39 Å². The molecule has 6 nitrogen and oxygen atoms in total. The van der Waals surface area contributed by atoms with Crippen LogP contribution >= 0.6 is 0 Å². The van der Waals surface area contributed by atoms with Gasteiger partial charge in [-0.05, 0) is 55.5 Å². The Morgan fingerprint density at radius 3 is 2.42 bits per heavy atom. The molecule has 0 bridgehead atoms. The first-order valence-corrected chi connectivity index (χ1v) is 11.5. The van der Waals surface area contributed by atoms with E-state index >= 15 is 0 Å². The Morgan fingerprint density at radius 1 is 1.06 bits per heavy atom. The van der Waals surface area contributed by atoms with E-state index in [1.165, 1.54) is 12.1 Å². The van der Waals surface area contributed by atoms with E-state index in [2.05, 4.69) is 0 Å². The van der Waals surface area contributed by atoms with E-state index in [0.29, 0.717) is 24.7 Å². The van der Waals surface area contributed by atoms with Gasteiger partial charge in [0.15, 0.2) is 0 Å². The van der Waals surface area contributed by atoms with Crippen molar-refractivity contribution in [3.05, 3.63) is 82.9 Å². The molecule has 168 valence electrons. The van der Waals surface area contributed by atoms with Gasteiger partial charge in [-0.3, -0.25) is 9.59 Å². The topological polar surface area (TPSA) is 58.4 Å². The maximum absolute atomic E-state index is 13.7. The Bertz CT molecular complexity index is 1230. The summed E-state index contributed by atoms with van der Waals surface area (Å²) >= 11 is 0. The lowest BCUT2D eigenvalue weighted by Gasteiger charge is -2.46. The van der Waals surface area contributed by atoms with Crippen molar-refractivity contribution in [3.8, 4) is 5.69 Å². The number of carbonyl (C=O) groups is 2.